The van der Waals surface area contributed by atoms with Crippen LogP contribution < -0.4 is 15.7 Å². The van der Waals surface area contributed by atoms with Crippen molar-refractivity contribution in [2.45, 2.75) is 26.7 Å². The maximum Gasteiger partial charge on any atom is 0.340 e. The standard InChI is InChI=1S/C19H26N2O4/c1-12-14-7-8-16(24-5)13(2)18(14)25-19(23)15(12)11-17(22)20-9-6-10-21(3)4/h7-8H,6,9-11H2,1-5H3,(H,20,22). The first kappa shape index (κ1) is 19.0. The van der Waals surface area contributed by atoms with E-state index in [2.05, 4.69) is 10.2 Å². The normalized spacial score (nSPS) is 11.1. The molecule has 0 saturated heterocycles. The third kappa shape index (κ3) is 4.39. The molecule has 1 amide bonds. The van der Waals surface area contributed by atoms with E-state index in [0.717, 1.165) is 29.5 Å². The molecule has 0 fully saturated rings. The van der Waals surface area contributed by atoms with E-state index in [4.69, 9.17) is 9.15 Å². The summed E-state index contributed by atoms with van der Waals surface area (Å²) >= 11 is 0. The minimum Gasteiger partial charge on any atom is -0.496 e. The number of carbonyl (C=O) groups is 1. The Morgan fingerprint density at radius 2 is 1.96 bits per heavy atom. The number of aryl methyl sites for hydroxylation is 2. The van der Waals surface area contributed by atoms with E-state index in [9.17, 15) is 9.59 Å². The van der Waals surface area contributed by atoms with Crippen molar-refractivity contribution in [2.75, 3.05) is 34.3 Å². The largest absolute Gasteiger partial charge is 0.496 e. The molecule has 0 bridgehead atoms. The molecule has 2 rings (SSSR count). The number of amides is 1. The molecule has 1 aromatic heterocycles. The number of carbonyl (C=O) groups excluding carboxylic acids is 1. The Kier molecular flexibility index (Phi) is 6.20. The molecule has 6 nitrogen and oxygen atoms in total. The second kappa shape index (κ2) is 8.16. The van der Waals surface area contributed by atoms with E-state index in [-0.39, 0.29) is 12.3 Å². The Labute approximate surface area is 147 Å². The third-order valence-electron chi connectivity index (χ3n) is 4.32. The second-order valence-electron chi connectivity index (χ2n) is 6.45. The van der Waals surface area contributed by atoms with Crippen molar-refractivity contribution >= 4 is 16.9 Å². The smallest absolute Gasteiger partial charge is 0.340 e. The van der Waals surface area contributed by atoms with Crippen molar-refractivity contribution in [3.63, 3.8) is 0 Å². The van der Waals surface area contributed by atoms with Gasteiger partial charge >= 0.3 is 5.63 Å². The molecule has 25 heavy (non-hydrogen) atoms. The highest BCUT2D eigenvalue weighted by atomic mass is 16.5. The third-order valence-corrected chi connectivity index (χ3v) is 4.32. The van der Waals surface area contributed by atoms with Crippen molar-refractivity contribution in [1.82, 2.24) is 10.2 Å². The lowest BCUT2D eigenvalue weighted by Gasteiger charge is -2.12. The summed E-state index contributed by atoms with van der Waals surface area (Å²) in [5.41, 5.74) is 2.00. The molecule has 6 heteroatoms. The predicted octanol–water partition coefficient (Wildman–Crippen LogP) is 2.03. The van der Waals surface area contributed by atoms with E-state index >= 15 is 0 Å². The van der Waals surface area contributed by atoms with Gasteiger partial charge in [-0.05, 0) is 58.6 Å². The van der Waals surface area contributed by atoms with Crippen molar-refractivity contribution in [3.05, 3.63) is 39.2 Å². The van der Waals surface area contributed by atoms with Crippen LogP contribution in [-0.4, -0.2) is 45.1 Å². The predicted molar refractivity (Wildman–Crippen MR) is 98.4 cm³/mol. The van der Waals surface area contributed by atoms with Crippen molar-refractivity contribution < 1.29 is 13.9 Å². The van der Waals surface area contributed by atoms with E-state index in [1.54, 1.807) is 7.11 Å². The van der Waals surface area contributed by atoms with Gasteiger partial charge in [0.2, 0.25) is 5.91 Å². The van der Waals surface area contributed by atoms with E-state index in [1.165, 1.54) is 0 Å². The summed E-state index contributed by atoms with van der Waals surface area (Å²) in [5, 5.41) is 3.68. The zero-order chi connectivity index (χ0) is 18.6. The molecule has 0 radical (unpaired) electrons. The highest BCUT2D eigenvalue weighted by Gasteiger charge is 2.17. The molecule has 136 valence electrons. The molecule has 0 atom stereocenters. The molecule has 0 unspecified atom stereocenters. The zero-order valence-corrected chi connectivity index (χ0v) is 15.6. The molecule has 1 heterocycles. The number of ether oxygens (including phenoxy) is 1. The minimum atomic E-state index is -0.468. The Bertz CT molecular complexity index is 824. The topological polar surface area (TPSA) is 71.8 Å². The maximum atomic E-state index is 12.4. The maximum absolute atomic E-state index is 12.4. The molecule has 2 aromatic rings. The fraction of sp³-hybridized carbons (Fsp3) is 0.474. The average Bonchev–Trinajstić information content (AvgIpc) is 2.56. The van der Waals surface area contributed by atoms with Gasteiger partial charge in [0.1, 0.15) is 11.3 Å². The second-order valence-corrected chi connectivity index (χ2v) is 6.45. The highest BCUT2D eigenvalue weighted by molar-refractivity contribution is 5.87. The molecular formula is C19H26N2O4. The van der Waals surface area contributed by atoms with Crippen LogP contribution in [0.1, 0.15) is 23.1 Å². The molecule has 0 aliphatic rings. The zero-order valence-electron chi connectivity index (χ0n) is 15.6. The van der Waals surface area contributed by atoms with Gasteiger partial charge in [0.05, 0.1) is 19.1 Å². The van der Waals surface area contributed by atoms with Gasteiger partial charge in [0, 0.05) is 17.5 Å². The van der Waals surface area contributed by atoms with Gasteiger partial charge in [0.25, 0.3) is 0 Å². The molecular weight excluding hydrogens is 320 g/mol. The average molecular weight is 346 g/mol. The number of rotatable bonds is 7. The Balaban J connectivity index is 2.22. The number of methoxy groups -OCH3 is 1. The summed E-state index contributed by atoms with van der Waals surface area (Å²) in [6.07, 6.45) is 0.889. The number of benzene rings is 1. The van der Waals surface area contributed by atoms with E-state index < -0.39 is 5.63 Å². The van der Waals surface area contributed by atoms with Gasteiger partial charge in [-0.2, -0.15) is 0 Å². The van der Waals surface area contributed by atoms with Gasteiger partial charge in [-0.25, -0.2) is 4.79 Å². The lowest BCUT2D eigenvalue weighted by atomic mass is 10.0. The van der Waals surface area contributed by atoms with Crippen LogP contribution >= 0.6 is 0 Å². The summed E-state index contributed by atoms with van der Waals surface area (Å²) in [6.45, 7) is 5.18. The van der Waals surface area contributed by atoms with Crippen LogP contribution in [0.2, 0.25) is 0 Å². The minimum absolute atomic E-state index is 0.0249. The molecule has 1 N–H and O–H groups in total. The first-order chi connectivity index (χ1) is 11.8. The van der Waals surface area contributed by atoms with E-state index in [0.29, 0.717) is 23.4 Å². The van der Waals surface area contributed by atoms with Crippen molar-refractivity contribution in [3.8, 4) is 5.75 Å². The van der Waals surface area contributed by atoms with Crippen LogP contribution in [0.3, 0.4) is 0 Å². The first-order valence-corrected chi connectivity index (χ1v) is 8.36. The van der Waals surface area contributed by atoms with Crippen molar-refractivity contribution in [1.29, 1.82) is 0 Å². The Hall–Kier alpha value is -2.34. The summed E-state index contributed by atoms with van der Waals surface area (Å²) in [4.78, 5) is 26.6. The van der Waals surface area contributed by atoms with Crippen LogP contribution in [-0.2, 0) is 11.2 Å². The fourth-order valence-corrected chi connectivity index (χ4v) is 2.84. The van der Waals surface area contributed by atoms with E-state index in [1.807, 2.05) is 40.1 Å². The van der Waals surface area contributed by atoms with Gasteiger partial charge in [-0.3, -0.25) is 4.79 Å². The Morgan fingerprint density at radius 1 is 1.24 bits per heavy atom. The summed E-state index contributed by atoms with van der Waals surface area (Å²) in [5.74, 6) is 0.500. The number of nitrogens with zero attached hydrogens (tertiary/aromatic N) is 1. The van der Waals surface area contributed by atoms with Crippen LogP contribution in [0.15, 0.2) is 21.3 Å². The molecule has 1 aromatic carbocycles. The molecule has 0 spiro atoms. The number of hydrogen-bond acceptors (Lipinski definition) is 5. The van der Waals surface area contributed by atoms with Crippen LogP contribution in [0.25, 0.3) is 11.0 Å². The number of hydrogen-bond donors (Lipinski definition) is 1. The summed E-state index contributed by atoms with van der Waals surface area (Å²) in [6, 6.07) is 3.70. The molecule has 0 aliphatic heterocycles. The van der Waals surface area contributed by atoms with Gasteiger partial charge < -0.3 is 19.4 Å². The van der Waals surface area contributed by atoms with Gasteiger partial charge in [-0.15, -0.1) is 0 Å². The Morgan fingerprint density at radius 3 is 2.60 bits per heavy atom. The van der Waals surface area contributed by atoms with Gasteiger partial charge in [0.15, 0.2) is 0 Å². The lowest BCUT2D eigenvalue weighted by molar-refractivity contribution is -0.120. The van der Waals surface area contributed by atoms with Crippen LogP contribution in [0, 0.1) is 13.8 Å². The van der Waals surface area contributed by atoms with Gasteiger partial charge in [-0.1, -0.05) is 0 Å². The molecule has 0 aliphatic carbocycles. The SMILES string of the molecule is COc1ccc2c(C)c(CC(=O)NCCCN(C)C)c(=O)oc2c1C. The summed E-state index contributed by atoms with van der Waals surface area (Å²) < 4.78 is 10.8. The number of fused-ring (bicyclic) bond motifs is 1. The number of nitrogens with one attached hydrogen (secondary N) is 1. The fourth-order valence-electron chi connectivity index (χ4n) is 2.84. The molecule has 0 saturated carbocycles. The van der Waals surface area contributed by atoms with Crippen molar-refractivity contribution in [2.24, 2.45) is 0 Å². The van der Waals surface area contributed by atoms with Crippen LogP contribution in [0.5, 0.6) is 5.75 Å². The lowest BCUT2D eigenvalue weighted by Crippen LogP contribution is -2.30. The first-order valence-electron chi connectivity index (χ1n) is 8.36. The monoisotopic (exact) mass is 346 g/mol. The highest BCUT2D eigenvalue weighted by Crippen LogP contribution is 2.29. The summed E-state index contributed by atoms with van der Waals surface area (Å²) in [7, 11) is 5.55. The van der Waals surface area contributed by atoms with Crippen LogP contribution in [0.4, 0.5) is 0 Å². The quantitative estimate of drug-likeness (QED) is 0.613.